The zero-order chi connectivity index (χ0) is 9.10. The van der Waals surface area contributed by atoms with Gasteiger partial charge in [-0.2, -0.15) is 0 Å². The minimum atomic E-state index is 0.896. The van der Waals surface area contributed by atoms with Crippen molar-refractivity contribution >= 4 is 0 Å². The summed E-state index contributed by atoms with van der Waals surface area (Å²) in [6, 6.07) is 11.0. The molecule has 2 rings (SSSR count). The Morgan fingerprint density at radius 2 is 2.00 bits per heavy atom. The fourth-order valence-corrected chi connectivity index (χ4v) is 2.14. The van der Waals surface area contributed by atoms with E-state index in [-0.39, 0.29) is 0 Å². The molecule has 1 saturated carbocycles. The average molecular weight is 174 g/mol. The summed E-state index contributed by atoms with van der Waals surface area (Å²) in [5.74, 6) is 1.90. The van der Waals surface area contributed by atoms with E-state index in [1.807, 2.05) is 0 Å². The molecule has 1 aliphatic rings. The summed E-state index contributed by atoms with van der Waals surface area (Å²) < 4.78 is 0. The van der Waals surface area contributed by atoms with Crippen molar-refractivity contribution in [2.45, 2.75) is 38.5 Å². The van der Waals surface area contributed by atoms with E-state index in [0.29, 0.717) is 0 Å². The third-order valence-electron chi connectivity index (χ3n) is 3.08. The van der Waals surface area contributed by atoms with Gasteiger partial charge < -0.3 is 0 Å². The van der Waals surface area contributed by atoms with Crippen LogP contribution in [0.25, 0.3) is 0 Å². The second-order valence-corrected chi connectivity index (χ2v) is 4.16. The number of benzene rings is 1. The van der Waals surface area contributed by atoms with Crippen molar-refractivity contribution in [3.63, 3.8) is 0 Å². The van der Waals surface area contributed by atoms with Gasteiger partial charge >= 0.3 is 0 Å². The van der Waals surface area contributed by atoms with E-state index in [1.54, 1.807) is 5.56 Å². The van der Waals surface area contributed by atoms with Crippen LogP contribution in [0.2, 0.25) is 0 Å². The van der Waals surface area contributed by atoms with Gasteiger partial charge in [0.05, 0.1) is 0 Å². The first-order valence-electron chi connectivity index (χ1n) is 5.46. The smallest absolute Gasteiger partial charge is 0.0131 e. The molecule has 0 heteroatoms. The molecule has 13 heavy (non-hydrogen) atoms. The van der Waals surface area contributed by atoms with Crippen LogP contribution in [-0.2, 0) is 0 Å². The normalized spacial score (nSPS) is 25.9. The van der Waals surface area contributed by atoms with Gasteiger partial charge in [-0.1, -0.05) is 50.1 Å². The highest BCUT2D eigenvalue weighted by atomic mass is 14.4. The van der Waals surface area contributed by atoms with Gasteiger partial charge in [-0.15, -0.1) is 0 Å². The molecule has 0 N–H and O–H groups in total. The Labute approximate surface area is 81.0 Å². The van der Waals surface area contributed by atoms with E-state index < -0.39 is 0 Å². The van der Waals surface area contributed by atoms with Crippen LogP contribution >= 0.6 is 0 Å². The van der Waals surface area contributed by atoms with E-state index in [9.17, 15) is 0 Å². The van der Waals surface area contributed by atoms with Crippen LogP contribution in [0.5, 0.6) is 0 Å². The molecule has 2 atom stereocenters. The molecule has 0 aliphatic heterocycles. The Kier molecular flexibility index (Phi) is 2.68. The van der Waals surface area contributed by atoms with Gasteiger partial charge in [0.2, 0.25) is 0 Å². The summed E-state index contributed by atoms with van der Waals surface area (Å²) in [5.41, 5.74) is 1.56. The molecule has 1 aliphatic carbocycles. The lowest BCUT2D eigenvalue weighted by Crippen LogP contribution is -1.83. The standard InChI is InChI=1S/C13H18/c1-2-3-7-12-10-13(12)11-8-5-4-6-9-11/h4-6,8-9,12-13H,2-3,7,10H2,1H3/t12-,13-/m0/s1. The van der Waals surface area contributed by atoms with Crippen LogP contribution in [0.15, 0.2) is 30.3 Å². The molecule has 0 saturated heterocycles. The molecule has 1 aromatic rings. The summed E-state index contributed by atoms with van der Waals surface area (Å²) >= 11 is 0. The Morgan fingerprint density at radius 1 is 1.23 bits per heavy atom. The first-order chi connectivity index (χ1) is 6.42. The molecule has 0 bridgehead atoms. The Balaban J connectivity index is 1.86. The maximum absolute atomic E-state index is 2.28. The van der Waals surface area contributed by atoms with Crippen LogP contribution in [0.4, 0.5) is 0 Å². The van der Waals surface area contributed by atoms with E-state index in [1.165, 1.54) is 25.7 Å². The summed E-state index contributed by atoms with van der Waals surface area (Å²) in [4.78, 5) is 0. The average Bonchev–Trinajstić information content (AvgIpc) is 2.95. The predicted octanol–water partition coefficient (Wildman–Crippen LogP) is 3.98. The third kappa shape index (κ3) is 2.12. The molecule has 70 valence electrons. The third-order valence-corrected chi connectivity index (χ3v) is 3.08. The highest BCUT2D eigenvalue weighted by molar-refractivity contribution is 5.25. The van der Waals surface area contributed by atoms with Crippen LogP contribution in [0.3, 0.4) is 0 Å². The zero-order valence-electron chi connectivity index (χ0n) is 8.37. The fourth-order valence-electron chi connectivity index (χ4n) is 2.14. The Morgan fingerprint density at radius 3 is 2.69 bits per heavy atom. The Hall–Kier alpha value is -0.780. The Bertz CT molecular complexity index is 250. The molecular formula is C13H18. The highest BCUT2D eigenvalue weighted by Gasteiger charge is 2.36. The lowest BCUT2D eigenvalue weighted by atomic mass is 10.1. The van der Waals surface area contributed by atoms with Gasteiger partial charge in [0.1, 0.15) is 0 Å². The lowest BCUT2D eigenvalue weighted by molar-refractivity contribution is 0.640. The summed E-state index contributed by atoms with van der Waals surface area (Å²) in [5, 5.41) is 0. The fraction of sp³-hybridized carbons (Fsp3) is 0.538. The zero-order valence-corrected chi connectivity index (χ0v) is 8.37. The van der Waals surface area contributed by atoms with Gasteiger partial charge in [0.15, 0.2) is 0 Å². The summed E-state index contributed by atoms with van der Waals surface area (Å²) in [7, 11) is 0. The number of rotatable bonds is 4. The second kappa shape index (κ2) is 3.95. The van der Waals surface area contributed by atoms with Crippen molar-refractivity contribution in [3.8, 4) is 0 Å². The van der Waals surface area contributed by atoms with Crippen LogP contribution < -0.4 is 0 Å². The molecule has 0 unspecified atom stereocenters. The van der Waals surface area contributed by atoms with E-state index in [0.717, 1.165) is 11.8 Å². The van der Waals surface area contributed by atoms with Crippen molar-refractivity contribution in [1.82, 2.24) is 0 Å². The van der Waals surface area contributed by atoms with Crippen molar-refractivity contribution in [2.75, 3.05) is 0 Å². The molecule has 0 nitrogen and oxygen atoms in total. The predicted molar refractivity (Wildman–Crippen MR) is 56.8 cm³/mol. The van der Waals surface area contributed by atoms with E-state index >= 15 is 0 Å². The molecular weight excluding hydrogens is 156 g/mol. The highest BCUT2D eigenvalue weighted by Crippen LogP contribution is 2.50. The van der Waals surface area contributed by atoms with Crippen molar-refractivity contribution in [3.05, 3.63) is 35.9 Å². The minimum Gasteiger partial charge on any atom is -0.0654 e. The quantitative estimate of drug-likeness (QED) is 0.647. The first-order valence-corrected chi connectivity index (χ1v) is 5.46. The molecule has 0 aromatic heterocycles. The number of hydrogen-bond acceptors (Lipinski definition) is 0. The largest absolute Gasteiger partial charge is 0.0654 e. The van der Waals surface area contributed by atoms with Crippen molar-refractivity contribution in [1.29, 1.82) is 0 Å². The van der Waals surface area contributed by atoms with Gasteiger partial charge in [-0.05, 0) is 30.2 Å². The van der Waals surface area contributed by atoms with Crippen LogP contribution in [-0.4, -0.2) is 0 Å². The molecule has 0 amide bonds. The van der Waals surface area contributed by atoms with E-state index in [2.05, 4.69) is 37.3 Å². The van der Waals surface area contributed by atoms with Crippen LogP contribution in [0, 0.1) is 5.92 Å². The van der Waals surface area contributed by atoms with Crippen molar-refractivity contribution in [2.24, 2.45) is 5.92 Å². The maximum atomic E-state index is 2.28. The van der Waals surface area contributed by atoms with Gasteiger partial charge in [0.25, 0.3) is 0 Å². The lowest BCUT2D eigenvalue weighted by Gasteiger charge is -1.98. The SMILES string of the molecule is CCCC[C@H]1C[C@H]1c1ccccc1. The maximum Gasteiger partial charge on any atom is -0.0131 e. The van der Waals surface area contributed by atoms with Crippen molar-refractivity contribution < 1.29 is 0 Å². The van der Waals surface area contributed by atoms with Gasteiger partial charge in [-0.3, -0.25) is 0 Å². The number of unbranched alkanes of at least 4 members (excludes halogenated alkanes) is 1. The molecule has 1 fully saturated rings. The molecule has 0 heterocycles. The summed E-state index contributed by atoms with van der Waals surface area (Å²) in [6.45, 7) is 2.28. The van der Waals surface area contributed by atoms with Gasteiger partial charge in [-0.25, -0.2) is 0 Å². The molecule has 0 radical (unpaired) electrons. The second-order valence-electron chi connectivity index (χ2n) is 4.16. The minimum absolute atomic E-state index is 0.896. The monoisotopic (exact) mass is 174 g/mol. The van der Waals surface area contributed by atoms with E-state index in [4.69, 9.17) is 0 Å². The molecule has 1 aromatic carbocycles. The number of hydrogen-bond donors (Lipinski definition) is 0. The topological polar surface area (TPSA) is 0 Å². The molecule has 0 spiro atoms. The first kappa shape index (κ1) is 8.80. The summed E-state index contributed by atoms with van der Waals surface area (Å²) in [6.07, 6.45) is 5.63. The van der Waals surface area contributed by atoms with Gasteiger partial charge in [0, 0.05) is 0 Å². The van der Waals surface area contributed by atoms with Crippen LogP contribution in [0.1, 0.15) is 44.1 Å².